The molecule has 2 aromatic rings. The van der Waals surface area contributed by atoms with Gasteiger partial charge in [-0.05, 0) is 31.2 Å². The highest BCUT2D eigenvalue weighted by Gasteiger charge is 2.41. The summed E-state index contributed by atoms with van der Waals surface area (Å²) in [5, 5.41) is 4.61. The molecule has 0 heterocycles. The van der Waals surface area contributed by atoms with Crippen molar-refractivity contribution in [2.75, 3.05) is 23.8 Å². The van der Waals surface area contributed by atoms with E-state index in [0.29, 0.717) is 5.56 Å². The third-order valence-electron chi connectivity index (χ3n) is 3.84. The van der Waals surface area contributed by atoms with Crippen LogP contribution in [-0.2, 0) is 0 Å². The Morgan fingerprint density at radius 2 is 1.36 bits per heavy atom. The van der Waals surface area contributed by atoms with Crippen LogP contribution in [0.25, 0.3) is 0 Å². The number of nitrogens with one attached hydrogen (secondary N) is 2. The first-order chi connectivity index (χ1) is 15.2. The number of carbonyl (C=O) groups is 2. The van der Waals surface area contributed by atoms with Crippen molar-refractivity contribution in [3.05, 3.63) is 48.0 Å². The summed E-state index contributed by atoms with van der Waals surface area (Å²) in [5.74, 6) is -5.78. The fourth-order valence-corrected chi connectivity index (χ4v) is 2.30. The SMILES string of the molecule is CC(=O)c1ccc(NC(=O)Nc2cc(OCC(F)(F)F)cc(OCC(F)(F)C(F)F)c2)cc1. The molecule has 2 N–H and O–H groups in total. The van der Waals surface area contributed by atoms with Crippen molar-refractivity contribution in [3.8, 4) is 11.5 Å². The third kappa shape index (κ3) is 8.50. The lowest BCUT2D eigenvalue weighted by molar-refractivity contribution is -0.153. The van der Waals surface area contributed by atoms with Crippen LogP contribution in [0.3, 0.4) is 0 Å². The van der Waals surface area contributed by atoms with Crippen LogP contribution in [0.15, 0.2) is 42.5 Å². The van der Waals surface area contributed by atoms with Gasteiger partial charge in [-0.15, -0.1) is 0 Å². The van der Waals surface area contributed by atoms with Gasteiger partial charge in [-0.3, -0.25) is 4.79 Å². The lowest BCUT2D eigenvalue weighted by atomic mass is 10.1. The molecule has 0 unspecified atom stereocenters. The maximum atomic E-state index is 13.1. The molecule has 2 amide bonds. The van der Waals surface area contributed by atoms with E-state index in [1.165, 1.54) is 31.2 Å². The molecule has 33 heavy (non-hydrogen) atoms. The molecular formula is C20H17F7N2O4. The Kier molecular flexibility index (Phi) is 8.12. The van der Waals surface area contributed by atoms with Crippen LogP contribution in [0.2, 0.25) is 0 Å². The smallest absolute Gasteiger partial charge is 0.422 e. The molecule has 0 fully saturated rings. The molecule has 0 atom stereocenters. The van der Waals surface area contributed by atoms with Crippen LogP contribution in [0, 0.1) is 0 Å². The summed E-state index contributed by atoms with van der Waals surface area (Å²) in [6.07, 6.45) is -8.75. The lowest BCUT2D eigenvalue weighted by Crippen LogP contribution is -2.33. The van der Waals surface area contributed by atoms with E-state index in [0.717, 1.165) is 18.2 Å². The van der Waals surface area contributed by atoms with Crippen LogP contribution >= 0.6 is 0 Å². The largest absolute Gasteiger partial charge is 0.487 e. The Hall–Kier alpha value is -3.51. The normalized spacial score (nSPS) is 11.8. The van der Waals surface area contributed by atoms with E-state index in [1.807, 2.05) is 0 Å². The monoisotopic (exact) mass is 482 g/mol. The average molecular weight is 482 g/mol. The molecule has 0 bridgehead atoms. The first kappa shape index (κ1) is 25.7. The summed E-state index contributed by atoms with van der Waals surface area (Å²) in [5.41, 5.74) is 0.413. The van der Waals surface area contributed by atoms with Crippen LogP contribution in [0.5, 0.6) is 11.5 Å². The standard InChI is InChI=1S/C20H17F7N2O4/c1-11(30)12-2-4-13(5-3-12)28-18(31)29-14-6-15(32-9-19(23,24)17(21)22)8-16(7-14)33-10-20(25,26)27/h2-8,17H,9-10H2,1H3,(H2,28,29,31). The number of amides is 2. The van der Waals surface area contributed by atoms with Crippen LogP contribution in [0.4, 0.5) is 46.9 Å². The highest BCUT2D eigenvalue weighted by atomic mass is 19.4. The number of Topliss-reactive ketones (excluding diaryl/α,β-unsaturated/α-hetero) is 1. The van der Waals surface area contributed by atoms with Crippen molar-refractivity contribution in [2.24, 2.45) is 0 Å². The molecule has 0 aliphatic carbocycles. The molecule has 0 aliphatic heterocycles. The van der Waals surface area contributed by atoms with Crippen molar-refractivity contribution in [1.82, 2.24) is 0 Å². The minimum absolute atomic E-state index is 0.202. The summed E-state index contributed by atoms with van der Waals surface area (Å²) in [7, 11) is 0. The number of halogens is 7. The zero-order valence-corrected chi connectivity index (χ0v) is 16.8. The quantitative estimate of drug-likeness (QED) is 0.352. The molecule has 13 heteroatoms. The Labute approximate surface area is 182 Å². The first-order valence-electron chi connectivity index (χ1n) is 9.07. The lowest BCUT2D eigenvalue weighted by Gasteiger charge is -2.18. The molecule has 6 nitrogen and oxygen atoms in total. The van der Waals surface area contributed by atoms with Gasteiger partial charge in [0.15, 0.2) is 19.0 Å². The van der Waals surface area contributed by atoms with Gasteiger partial charge in [-0.25, -0.2) is 13.6 Å². The molecule has 0 saturated carbocycles. The Bertz CT molecular complexity index is 979. The Morgan fingerprint density at radius 3 is 1.85 bits per heavy atom. The Balaban J connectivity index is 2.16. The summed E-state index contributed by atoms with van der Waals surface area (Å²) >= 11 is 0. The van der Waals surface area contributed by atoms with Gasteiger partial charge in [0, 0.05) is 35.1 Å². The van der Waals surface area contributed by atoms with E-state index < -0.39 is 49.3 Å². The third-order valence-corrected chi connectivity index (χ3v) is 3.84. The van der Waals surface area contributed by atoms with E-state index in [4.69, 9.17) is 0 Å². The number of ether oxygens (including phenoxy) is 2. The Morgan fingerprint density at radius 1 is 0.848 bits per heavy atom. The van der Waals surface area contributed by atoms with Gasteiger partial charge >= 0.3 is 24.6 Å². The van der Waals surface area contributed by atoms with Crippen LogP contribution in [0.1, 0.15) is 17.3 Å². The molecule has 2 rings (SSSR count). The van der Waals surface area contributed by atoms with E-state index in [1.54, 1.807) is 0 Å². The van der Waals surface area contributed by atoms with Gasteiger partial charge in [-0.2, -0.15) is 22.0 Å². The number of urea groups is 1. The summed E-state index contributed by atoms with van der Waals surface area (Å²) in [4.78, 5) is 23.4. The van der Waals surface area contributed by atoms with Crippen molar-refractivity contribution in [3.63, 3.8) is 0 Å². The number of hydrogen-bond acceptors (Lipinski definition) is 4. The van der Waals surface area contributed by atoms with Gasteiger partial charge in [0.05, 0.1) is 0 Å². The highest BCUT2D eigenvalue weighted by Crippen LogP contribution is 2.30. The van der Waals surface area contributed by atoms with Crippen LogP contribution in [-0.4, -0.2) is 43.6 Å². The van der Waals surface area contributed by atoms with E-state index in [2.05, 4.69) is 20.1 Å². The van der Waals surface area contributed by atoms with Crippen molar-refractivity contribution >= 4 is 23.2 Å². The van der Waals surface area contributed by atoms with Gasteiger partial charge in [-0.1, -0.05) is 0 Å². The van der Waals surface area contributed by atoms with Crippen molar-refractivity contribution < 1.29 is 49.8 Å². The molecule has 0 radical (unpaired) electrons. The van der Waals surface area contributed by atoms with Crippen LogP contribution < -0.4 is 20.1 Å². The van der Waals surface area contributed by atoms with E-state index in [-0.39, 0.29) is 17.2 Å². The number of anilines is 2. The minimum atomic E-state index is -4.73. The molecular weight excluding hydrogens is 465 g/mol. The zero-order valence-electron chi connectivity index (χ0n) is 16.8. The predicted octanol–water partition coefficient (Wildman–Crippen LogP) is 5.75. The van der Waals surface area contributed by atoms with Gasteiger partial charge in [0.2, 0.25) is 0 Å². The zero-order chi connectivity index (χ0) is 24.8. The van der Waals surface area contributed by atoms with Crippen molar-refractivity contribution in [2.45, 2.75) is 25.4 Å². The van der Waals surface area contributed by atoms with Crippen molar-refractivity contribution in [1.29, 1.82) is 0 Å². The van der Waals surface area contributed by atoms with Gasteiger partial charge < -0.3 is 20.1 Å². The maximum absolute atomic E-state index is 13.1. The van der Waals surface area contributed by atoms with E-state index >= 15 is 0 Å². The summed E-state index contributed by atoms with van der Waals surface area (Å²) < 4.78 is 97.2. The number of hydrogen-bond donors (Lipinski definition) is 2. The number of benzene rings is 2. The fourth-order valence-electron chi connectivity index (χ4n) is 2.30. The molecule has 0 saturated heterocycles. The number of rotatable bonds is 9. The summed E-state index contributed by atoms with van der Waals surface area (Å²) in [6.45, 7) is -2.15. The fraction of sp³-hybridized carbons (Fsp3) is 0.300. The highest BCUT2D eigenvalue weighted by molar-refractivity contribution is 6.00. The first-order valence-corrected chi connectivity index (χ1v) is 9.07. The second-order valence-corrected chi connectivity index (χ2v) is 6.66. The minimum Gasteiger partial charge on any atom is -0.487 e. The molecule has 180 valence electrons. The van der Waals surface area contributed by atoms with Gasteiger partial charge in [0.25, 0.3) is 0 Å². The number of carbonyl (C=O) groups excluding carboxylic acids is 2. The topological polar surface area (TPSA) is 76.7 Å². The van der Waals surface area contributed by atoms with Gasteiger partial charge in [0.1, 0.15) is 11.5 Å². The predicted molar refractivity (Wildman–Crippen MR) is 104 cm³/mol. The molecule has 0 aromatic heterocycles. The number of alkyl halides is 7. The second kappa shape index (κ2) is 10.4. The number of ketones is 1. The molecule has 0 spiro atoms. The second-order valence-electron chi connectivity index (χ2n) is 6.66. The summed E-state index contributed by atoms with van der Waals surface area (Å²) in [6, 6.07) is 7.49. The maximum Gasteiger partial charge on any atom is 0.422 e. The average Bonchev–Trinajstić information content (AvgIpc) is 2.70. The molecule has 0 aliphatic rings. The van der Waals surface area contributed by atoms with E-state index in [9.17, 15) is 40.3 Å². The molecule has 2 aromatic carbocycles.